The highest BCUT2D eigenvalue weighted by Gasteiger charge is 2.28. The molecule has 0 saturated carbocycles. The van der Waals surface area contributed by atoms with E-state index in [2.05, 4.69) is 25.3 Å². The lowest BCUT2D eigenvalue weighted by molar-refractivity contribution is 0.902. The maximum atomic E-state index is 5.99. The topological polar surface area (TPSA) is 63.6 Å². The van der Waals surface area contributed by atoms with Crippen molar-refractivity contribution in [1.82, 2.24) is 19.9 Å². The number of nitrogens with zero attached hydrogens (tertiary/aromatic N) is 4. The van der Waals surface area contributed by atoms with Crippen LogP contribution in [0.2, 0.25) is 0 Å². The molecular formula is C18H16Cl3N5. The average molecular weight is 409 g/mol. The average Bonchev–Trinajstić information content (AvgIpc) is 2.62. The van der Waals surface area contributed by atoms with Gasteiger partial charge in [0.05, 0.1) is 0 Å². The minimum Gasteiger partial charge on any atom is -0.354 e. The third-order valence-electron chi connectivity index (χ3n) is 3.62. The highest BCUT2D eigenvalue weighted by atomic mass is 35.6. The number of alkyl halides is 3. The zero-order valence-electron chi connectivity index (χ0n) is 14.0. The summed E-state index contributed by atoms with van der Waals surface area (Å²) in [4.78, 5) is 17.1. The van der Waals surface area contributed by atoms with Gasteiger partial charge in [-0.05, 0) is 25.0 Å². The first-order valence-electron chi connectivity index (χ1n) is 7.95. The molecule has 0 atom stereocenters. The number of anilines is 1. The number of aryl methyl sites for hydroxylation is 1. The molecule has 5 nitrogen and oxygen atoms in total. The van der Waals surface area contributed by atoms with Gasteiger partial charge < -0.3 is 5.32 Å². The summed E-state index contributed by atoms with van der Waals surface area (Å²) in [7, 11) is 0. The van der Waals surface area contributed by atoms with Crippen LogP contribution in [-0.4, -0.2) is 26.5 Å². The largest absolute Gasteiger partial charge is 0.354 e. The summed E-state index contributed by atoms with van der Waals surface area (Å²) in [5.74, 6) is 0.892. The van der Waals surface area contributed by atoms with Crippen LogP contribution in [-0.2, 0) is 10.2 Å². The van der Waals surface area contributed by atoms with Gasteiger partial charge >= 0.3 is 0 Å². The van der Waals surface area contributed by atoms with Gasteiger partial charge in [0.15, 0.2) is 11.6 Å². The fourth-order valence-corrected chi connectivity index (χ4v) is 2.53. The molecule has 0 saturated heterocycles. The van der Waals surface area contributed by atoms with Gasteiger partial charge in [-0.25, -0.2) is 4.98 Å². The van der Waals surface area contributed by atoms with Crippen molar-refractivity contribution in [2.45, 2.75) is 17.1 Å². The first-order valence-corrected chi connectivity index (χ1v) is 9.08. The highest BCUT2D eigenvalue weighted by molar-refractivity contribution is 6.66. The van der Waals surface area contributed by atoms with E-state index >= 15 is 0 Å². The van der Waals surface area contributed by atoms with Gasteiger partial charge in [-0.15, -0.1) is 0 Å². The van der Waals surface area contributed by atoms with E-state index in [0.717, 1.165) is 23.1 Å². The van der Waals surface area contributed by atoms with E-state index in [1.807, 2.05) is 49.5 Å². The van der Waals surface area contributed by atoms with Crippen LogP contribution in [0.1, 0.15) is 17.0 Å². The van der Waals surface area contributed by atoms with E-state index in [0.29, 0.717) is 18.3 Å². The molecule has 0 unspecified atom stereocenters. The molecule has 0 aliphatic heterocycles. The molecule has 0 radical (unpaired) electrons. The predicted molar refractivity (Wildman–Crippen MR) is 106 cm³/mol. The van der Waals surface area contributed by atoms with Gasteiger partial charge in [-0.3, -0.25) is 4.98 Å². The van der Waals surface area contributed by atoms with Gasteiger partial charge in [0.25, 0.3) is 0 Å². The number of hydrogen-bond acceptors (Lipinski definition) is 5. The molecule has 1 aromatic carbocycles. The summed E-state index contributed by atoms with van der Waals surface area (Å²) < 4.78 is -1.73. The number of rotatable bonds is 5. The summed E-state index contributed by atoms with van der Waals surface area (Å²) in [5, 5.41) is 3.16. The van der Waals surface area contributed by atoms with E-state index in [1.165, 1.54) is 0 Å². The fraction of sp³-hybridized carbons (Fsp3) is 0.222. The quantitative estimate of drug-likeness (QED) is 0.619. The van der Waals surface area contributed by atoms with Crippen molar-refractivity contribution in [2.75, 3.05) is 11.9 Å². The lowest BCUT2D eigenvalue weighted by Gasteiger charge is -2.13. The minimum atomic E-state index is -1.73. The monoisotopic (exact) mass is 407 g/mol. The standard InChI is InChI=1S/C18H16Cl3N5/c1-12-4-6-14(7-5-12)15-24-16(18(19,20)21)26-17(25-15)23-10-8-13-3-2-9-22-11-13/h2-7,9,11H,8,10H2,1H3,(H,23,24,25,26). The molecule has 2 aromatic heterocycles. The van der Waals surface area contributed by atoms with E-state index in [4.69, 9.17) is 34.8 Å². The van der Waals surface area contributed by atoms with Crippen LogP contribution in [0, 0.1) is 6.92 Å². The molecule has 0 aliphatic carbocycles. The van der Waals surface area contributed by atoms with Gasteiger partial charge in [0.2, 0.25) is 9.74 Å². The number of halogens is 3. The summed E-state index contributed by atoms with van der Waals surface area (Å²) in [6, 6.07) is 11.7. The van der Waals surface area contributed by atoms with Gasteiger partial charge in [0.1, 0.15) is 0 Å². The van der Waals surface area contributed by atoms with Crippen LogP contribution in [0.25, 0.3) is 11.4 Å². The molecular weight excluding hydrogens is 393 g/mol. The maximum absolute atomic E-state index is 5.99. The van der Waals surface area contributed by atoms with Crippen LogP contribution in [0.15, 0.2) is 48.8 Å². The SMILES string of the molecule is Cc1ccc(-c2nc(NCCc3cccnc3)nc(C(Cl)(Cl)Cl)n2)cc1. The van der Waals surface area contributed by atoms with Gasteiger partial charge in [-0.2, -0.15) is 9.97 Å². The first-order chi connectivity index (χ1) is 12.4. The van der Waals surface area contributed by atoms with Crippen LogP contribution in [0.4, 0.5) is 5.95 Å². The Morgan fingerprint density at radius 3 is 2.42 bits per heavy atom. The molecule has 3 rings (SSSR count). The van der Waals surface area contributed by atoms with Crippen LogP contribution in [0.5, 0.6) is 0 Å². The number of aromatic nitrogens is 4. The summed E-state index contributed by atoms with van der Waals surface area (Å²) in [6.45, 7) is 2.62. The molecule has 0 amide bonds. The highest BCUT2D eigenvalue weighted by Crippen LogP contribution is 2.36. The molecule has 134 valence electrons. The Morgan fingerprint density at radius 2 is 1.77 bits per heavy atom. The van der Waals surface area contributed by atoms with Crippen molar-refractivity contribution >= 4 is 40.8 Å². The minimum absolute atomic E-state index is 0.0805. The maximum Gasteiger partial charge on any atom is 0.250 e. The normalized spacial score (nSPS) is 11.4. The summed E-state index contributed by atoms with van der Waals surface area (Å²) in [5.41, 5.74) is 3.07. The molecule has 0 fully saturated rings. The van der Waals surface area contributed by atoms with Crippen LogP contribution >= 0.6 is 34.8 Å². The van der Waals surface area contributed by atoms with Crippen molar-refractivity contribution in [1.29, 1.82) is 0 Å². The first kappa shape index (κ1) is 18.8. The summed E-state index contributed by atoms with van der Waals surface area (Å²) >= 11 is 18.0. The number of hydrogen-bond donors (Lipinski definition) is 1. The van der Waals surface area contributed by atoms with Crippen LogP contribution in [0.3, 0.4) is 0 Å². The Balaban J connectivity index is 1.84. The molecule has 0 aliphatic rings. The Bertz CT molecular complexity index is 864. The van der Waals surface area contributed by atoms with Crippen molar-refractivity contribution in [3.05, 3.63) is 65.7 Å². The number of benzene rings is 1. The van der Waals surface area contributed by atoms with Gasteiger partial charge in [-0.1, -0.05) is 70.7 Å². The lowest BCUT2D eigenvalue weighted by Crippen LogP contribution is -2.15. The molecule has 0 spiro atoms. The zero-order chi connectivity index (χ0) is 18.6. The van der Waals surface area contributed by atoms with Crippen LogP contribution < -0.4 is 5.32 Å². The zero-order valence-corrected chi connectivity index (χ0v) is 16.2. The van der Waals surface area contributed by atoms with Crippen molar-refractivity contribution in [3.63, 3.8) is 0 Å². The Hall–Kier alpha value is -1.95. The van der Waals surface area contributed by atoms with Gasteiger partial charge in [0, 0.05) is 24.5 Å². The number of pyridine rings is 1. The second-order valence-electron chi connectivity index (χ2n) is 5.71. The Morgan fingerprint density at radius 1 is 1.00 bits per heavy atom. The lowest BCUT2D eigenvalue weighted by atomic mass is 10.1. The second-order valence-corrected chi connectivity index (χ2v) is 7.99. The molecule has 26 heavy (non-hydrogen) atoms. The molecule has 1 N–H and O–H groups in total. The second kappa shape index (κ2) is 8.16. The van der Waals surface area contributed by atoms with Crippen molar-refractivity contribution in [2.24, 2.45) is 0 Å². The van der Waals surface area contributed by atoms with E-state index < -0.39 is 3.79 Å². The molecule has 2 heterocycles. The number of nitrogens with one attached hydrogen (secondary N) is 1. The van der Waals surface area contributed by atoms with E-state index in [-0.39, 0.29) is 5.82 Å². The molecule has 3 aromatic rings. The third kappa shape index (κ3) is 5.04. The Kier molecular flexibility index (Phi) is 5.91. The third-order valence-corrected chi connectivity index (χ3v) is 4.13. The molecule has 0 bridgehead atoms. The Labute approximate surface area is 166 Å². The smallest absolute Gasteiger partial charge is 0.250 e. The van der Waals surface area contributed by atoms with Crippen molar-refractivity contribution < 1.29 is 0 Å². The van der Waals surface area contributed by atoms with Crippen molar-refractivity contribution in [3.8, 4) is 11.4 Å². The van der Waals surface area contributed by atoms with E-state index in [9.17, 15) is 0 Å². The van der Waals surface area contributed by atoms with E-state index in [1.54, 1.807) is 6.20 Å². The summed E-state index contributed by atoms with van der Waals surface area (Å²) in [6.07, 6.45) is 4.33. The molecule has 8 heteroatoms. The fourth-order valence-electron chi connectivity index (χ4n) is 2.28. The predicted octanol–water partition coefficient (Wildman–Crippen LogP) is 4.72.